The van der Waals surface area contributed by atoms with Crippen molar-refractivity contribution >= 4 is 11.9 Å². The first-order valence-corrected chi connectivity index (χ1v) is 6.23. The highest BCUT2D eigenvalue weighted by atomic mass is 19.1. The van der Waals surface area contributed by atoms with E-state index in [9.17, 15) is 19.1 Å². The molecule has 3 atom stereocenters. The number of rotatable bonds is 3. The summed E-state index contributed by atoms with van der Waals surface area (Å²) in [5.41, 5.74) is 0.548. The smallest absolute Gasteiger partial charge is 0.323 e. The molecule has 1 saturated heterocycles. The van der Waals surface area contributed by atoms with Crippen LogP contribution in [0.15, 0.2) is 24.3 Å². The van der Waals surface area contributed by atoms with Crippen molar-refractivity contribution in [2.45, 2.75) is 18.5 Å². The van der Waals surface area contributed by atoms with Gasteiger partial charge in [-0.25, -0.2) is 4.39 Å². The maximum absolute atomic E-state index is 13.3. The first-order valence-electron chi connectivity index (χ1n) is 6.23. The Morgan fingerprint density at radius 3 is 2.70 bits per heavy atom. The summed E-state index contributed by atoms with van der Waals surface area (Å²) in [7, 11) is 2.92. The average Bonchev–Trinajstić information content (AvgIpc) is 2.75. The van der Waals surface area contributed by atoms with Gasteiger partial charge in [-0.15, -0.1) is 0 Å². The van der Waals surface area contributed by atoms with E-state index in [2.05, 4.69) is 0 Å². The highest BCUT2D eigenvalue weighted by molar-refractivity contribution is 5.79. The van der Waals surface area contributed by atoms with Crippen molar-refractivity contribution in [3.63, 3.8) is 0 Å². The van der Waals surface area contributed by atoms with Crippen LogP contribution in [0.2, 0.25) is 0 Å². The minimum Gasteiger partial charge on any atom is -0.481 e. The largest absolute Gasteiger partial charge is 0.481 e. The Kier molecular flexibility index (Phi) is 4.04. The van der Waals surface area contributed by atoms with Crippen LogP contribution in [0.25, 0.3) is 0 Å². The molecule has 0 radical (unpaired) electrons. The Balaban J connectivity index is 2.38. The van der Waals surface area contributed by atoms with Crippen molar-refractivity contribution in [2.75, 3.05) is 14.2 Å². The molecule has 0 unspecified atom stereocenters. The molecule has 2 rings (SSSR count). The minimum atomic E-state index is -1.00. The van der Waals surface area contributed by atoms with E-state index in [4.69, 9.17) is 4.74 Å². The number of ether oxygens (including phenoxy) is 1. The van der Waals surface area contributed by atoms with Crippen molar-refractivity contribution in [1.29, 1.82) is 0 Å². The zero-order valence-electron chi connectivity index (χ0n) is 11.2. The lowest BCUT2D eigenvalue weighted by molar-refractivity contribution is -0.145. The van der Waals surface area contributed by atoms with E-state index in [0.717, 1.165) is 0 Å². The fraction of sp³-hybridized carbons (Fsp3) is 0.429. The third-order valence-corrected chi connectivity index (χ3v) is 3.77. The fourth-order valence-corrected chi connectivity index (χ4v) is 2.81. The van der Waals surface area contributed by atoms with Crippen molar-refractivity contribution in [3.8, 4) is 0 Å². The number of halogens is 1. The summed E-state index contributed by atoms with van der Waals surface area (Å²) in [6, 6.07) is 4.62. The number of nitrogens with zero attached hydrogens (tertiary/aromatic N) is 1. The van der Waals surface area contributed by atoms with Gasteiger partial charge in [0.25, 0.3) is 0 Å². The van der Waals surface area contributed by atoms with E-state index in [1.165, 1.54) is 25.3 Å². The maximum Gasteiger partial charge on any atom is 0.323 e. The van der Waals surface area contributed by atoms with Crippen LogP contribution < -0.4 is 0 Å². The quantitative estimate of drug-likeness (QED) is 0.849. The van der Waals surface area contributed by atoms with Crippen LogP contribution in [0.3, 0.4) is 0 Å². The summed E-state index contributed by atoms with van der Waals surface area (Å²) in [5, 5.41) is 9.33. The van der Waals surface area contributed by atoms with E-state index < -0.39 is 35.8 Å². The molecule has 0 saturated carbocycles. The van der Waals surface area contributed by atoms with E-state index in [0.29, 0.717) is 5.56 Å². The van der Waals surface area contributed by atoms with E-state index >= 15 is 0 Å². The molecule has 1 fully saturated rings. The number of likely N-dealkylation sites (N-methyl/N-ethyl adjacent to an activating group) is 1. The van der Waals surface area contributed by atoms with Gasteiger partial charge >= 0.3 is 11.9 Å². The predicted molar refractivity (Wildman–Crippen MR) is 68.5 cm³/mol. The van der Waals surface area contributed by atoms with E-state index in [1.807, 2.05) is 0 Å². The number of carboxylic acid groups (broad SMARTS) is 1. The van der Waals surface area contributed by atoms with Crippen molar-refractivity contribution in [1.82, 2.24) is 4.90 Å². The maximum atomic E-state index is 13.3. The van der Waals surface area contributed by atoms with Crippen LogP contribution in [-0.2, 0) is 14.3 Å². The van der Waals surface area contributed by atoms with Gasteiger partial charge in [0.05, 0.1) is 13.0 Å². The van der Waals surface area contributed by atoms with Crippen molar-refractivity contribution in [3.05, 3.63) is 35.6 Å². The number of aliphatic carboxylic acids is 1. The summed E-state index contributed by atoms with van der Waals surface area (Å²) in [6.45, 7) is 0. The lowest BCUT2D eigenvalue weighted by Crippen LogP contribution is -2.35. The molecule has 1 aromatic rings. The first-order chi connectivity index (χ1) is 9.45. The average molecular weight is 281 g/mol. The monoisotopic (exact) mass is 281 g/mol. The number of carboxylic acids is 1. The Hall–Kier alpha value is -1.95. The number of methoxy groups -OCH3 is 1. The lowest BCUT2D eigenvalue weighted by atomic mass is 9.93. The number of carbonyl (C=O) groups excluding carboxylic acids is 1. The first kappa shape index (κ1) is 14.5. The Morgan fingerprint density at radius 2 is 2.15 bits per heavy atom. The SMILES string of the molecule is COC(=O)[C@@H]1C[C@H](C(=O)O)[C@@H](c2cccc(F)c2)N1C. The molecule has 1 heterocycles. The highest BCUT2D eigenvalue weighted by Crippen LogP contribution is 2.40. The second-order valence-corrected chi connectivity index (χ2v) is 4.88. The number of likely N-dealkylation sites (tertiary alicyclic amines) is 1. The second-order valence-electron chi connectivity index (χ2n) is 4.88. The van der Waals surface area contributed by atoms with Gasteiger partial charge in [-0.3, -0.25) is 14.5 Å². The van der Waals surface area contributed by atoms with Gasteiger partial charge in [0.15, 0.2) is 0 Å². The van der Waals surface area contributed by atoms with Gasteiger partial charge in [0, 0.05) is 6.04 Å². The number of benzene rings is 1. The van der Waals surface area contributed by atoms with Crippen LogP contribution in [0, 0.1) is 11.7 Å². The second kappa shape index (κ2) is 5.58. The molecular weight excluding hydrogens is 265 g/mol. The third kappa shape index (κ3) is 2.51. The van der Waals surface area contributed by atoms with E-state index in [1.54, 1.807) is 18.0 Å². The molecule has 0 spiro atoms. The molecule has 1 aliphatic rings. The van der Waals surface area contributed by atoms with Crippen LogP contribution >= 0.6 is 0 Å². The van der Waals surface area contributed by atoms with Gasteiger partial charge in [-0.1, -0.05) is 12.1 Å². The van der Waals surface area contributed by atoms with Gasteiger partial charge in [0.1, 0.15) is 11.9 Å². The Bertz CT molecular complexity index is 534. The normalized spacial score (nSPS) is 26.4. The molecule has 5 nitrogen and oxygen atoms in total. The van der Waals surface area contributed by atoms with Gasteiger partial charge in [-0.05, 0) is 31.2 Å². The molecular formula is C14H16FNO4. The topological polar surface area (TPSA) is 66.8 Å². The molecule has 0 bridgehead atoms. The molecule has 0 amide bonds. The Morgan fingerprint density at radius 1 is 1.45 bits per heavy atom. The standard InChI is InChI=1S/C14H16FNO4/c1-16-11(14(19)20-2)7-10(13(17)18)12(16)8-4-3-5-9(15)6-8/h3-6,10-12H,7H2,1-2H3,(H,17,18)/t10-,11-,12+/m0/s1. The zero-order chi connectivity index (χ0) is 14.9. The summed E-state index contributed by atoms with van der Waals surface area (Å²) in [6.07, 6.45) is 0.152. The number of hydrogen-bond donors (Lipinski definition) is 1. The summed E-state index contributed by atoms with van der Waals surface area (Å²) in [4.78, 5) is 24.7. The number of carbonyl (C=O) groups is 2. The summed E-state index contributed by atoms with van der Waals surface area (Å²) in [5.74, 6) is -2.68. The summed E-state index contributed by atoms with van der Waals surface area (Å²) < 4.78 is 18.0. The Labute approximate surface area is 116 Å². The van der Waals surface area contributed by atoms with Crippen LogP contribution in [-0.4, -0.2) is 42.1 Å². The predicted octanol–water partition coefficient (Wildman–Crippen LogP) is 1.44. The van der Waals surface area contributed by atoms with Crippen LogP contribution in [0.4, 0.5) is 4.39 Å². The molecule has 0 aromatic heterocycles. The summed E-state index contributed by atoms with van der Waals surface area (Å²) >= 11 is 0. The highest BCUT2D eigenvalue weighted by Gasteiger charge is 2.47. The molecule has 108 valence electrons. The third-order valence-electron chi connectivity index (χ3n) is 3.77. The number of hydrogen-bond acceptors (Lipinski definition) is 4. The molecule has 6 heteroatoms. The molecule has 20 heavy (non-hydrogen) atoms. The van der Waals surface area contributed by atoms with E-state index in [-0.39, 0.29) is 6.42 Å². The lowest BCUT2D eigenvalue weighted by Gasteiger charge is -2.25. The van der Waals surface area contributed by atoms with Crippen molar-refractivity contribution in [2.24, 2.45) is 5.92 Å². The number of esters is 1. The molecule has 1 N–H and O–H groups in total. The molecule has 0 aliphatic carbocycles. The zero-order valence-corrected chi connectivity index (χ0v) is 11.2. The molecule has 1 aliphatic heterocycles. The van der Waals surface area contributed by atoms with Crippen molar-refractivity contribution < 1.29 is 23.8 Å². The molecule has 1 aromatic carbocycles. The minimum absolute atomic E-state index is 0.152. The van der Waals surface area contributed by atoms with Gasteiger partial charge < -0.3 is 9.84 Å². The van der Waals surface area contributed by atoms with Gasteiger partial charge in [0.2, 0.25) is 0 Å². The van der Waals surface area contributed by atoms with Gasteiger partial charge in [-0.2, -0.15) is 0 Å². The van der Waals surface area contributed by atoms with Crippen LogP contribution in [0.1, 0.15) is 18.0 Å². The fourth-order valence-electron chi connectivity index (χ4n) is 2.81. The van der Waals surface area contributed by atoms with Crippen LogP contribution in [0.5, 0.6) is 0 Å².